The maximum Gasteiger partial charge on any atom is 0.387 e. The molecule has 3 aromatic rings. The highest BCUT2D eigenvalue weighted by Gasteiger charge is 2.17. The molecule has 0 atom stereocenters. The summed E-state index contributed by atoms with van der Waals surface area (Å²) in [6.45, 7) is 1.17. The number of para-hydroxylation sites is 2. The Morgan fingerprint density at radius 2 is 2.04 bits per heavy atom. The van der Waals surface area contributed by atoms with E-state index in [-0.39, 0.29) is 17.2 Å². The second kappa shape index (κ2) is 7.91. The van der Waals surface area contributed by atoms with E-state index < -0.39 is 12.5 Å². The van der Waals surface area contributed by atoms with Gasteiger partial charge in [0.05, 0.1) is 28.1 Å². The topological polar surface area (TPSA) is 69.3 Å². The maximum absolute atomic E-state index is 12.5. The summed E-state index contributed by atoms with van der Waals surface area (Å²) in [7, 11) is 0. The first-order chi connectivity index (χ1) is 12.8. The molecular formula is C18H16BrF2N3O3. The number of carbonyl (C=O) groups excluding carboxylic acids is 1. The van der Waals surface area contributed by atoms with Gasteiger partial charge in [0.2, 0.25) is 0 Å². The SMILES string of the molecule is Cc1nn(Cc2ccc(C(=O)Nc3ccccc3OC(F)F)o2)c(C)c1Br. The Bertz CT molecular complexity index is 969. The number of nitrogens with zero attached hydrogens (tertiary/aromatic N) is 2. The van der Waals surface area contributed by atoms with Crippen molar-refractivity contribution in [2.24, 2.45) is 0 Å². The number of amides is 1. The van der Waals surface area contributed by atoms with E-state index in [0.29, 0.717) is 12.3 Å². The van der Waals surface area contributed by atoms with Crippen molar-refractivity contribution in [3.05, 3.63) is 63.8 Å². The molecule has 0 aliphatic rings. The van der Waals surface area contributed by atoms with Crippen LogP contribution in [0.25, 0.3) is 0 Å². The Morgan fingerprint density at radius 1 is 1.30 bits per heavy atom. The van der Waals surface area contributed by atoms with Crippen LogP contribution in [0.3, 0.4) is 0 Å². The van der Waals surface area contributed by atoms with E-state index in [1.54, 1.807) is 16.8 Å². The quantitative estimate of drug-likeness (QED) is 0.601. The maximum atomic E-state index is 12.5. The highest BCUT2D eigenvalue weighted by Crippen LogP contribution is 2.26. The van der Waals surface area contributed by atoms with E-state index in [1.807, 2.05) is 13.8 Å². The minimum absolute atomic E-state index is 0.0532. The summed E-state index contributed by atoms with van der Waals surface area (Å²) in [5.74, 6) is -0.103. The number of hydrogen-bond acceptors (Lipinski definition) is 4. The number of halogens is 3. The van der Waals surface area contributed by atoms with Crippen molar-refractivity contribution in [2.45, 2.75) is 27.0 Å². The largest absolute Gasteiger partial charge is 0.454 e. The van der Waals surface area contributed by atoms with Crippen LogP contribution in [0.2, 0.25) is 0 Å². The number of benzene rings is 1. The van der Waals surface area contributed by atoms with Crippen LogP contribution in [-0.2, 0) is 6.54 Å². The minimum Gasteiger partial charge on any atom is -0.454 e. The van der Waals surface area contributed by atoms with Crippen molar-refractivity contribution in [3.8, 4) is 5.75 Å². The zero-order valence-corrected chi connectivity index (χ0v) is 16.1. The fourth-order valence-corrected chi connectivity index (χ4v) is 2.80. The van der Waals surface area contributed by atoms with Crippen LogP contribution in [0.15, 0.2) is 45.3 Å². The summed E-state index contributed by atoms with van der Waals surface area (Å²) in [5.41, 5.74) is 1.92. The number of carbonyl (C=O) groups is 1. The standard InChI is InChI=1S/C18H16BrF2N3O3/c1-10-16(19)11(2)24(23-10)9-12-7-8-15(26-12)17(25)22-13-5-3-4-6-14(13)27-18(20)21/h3-8,18H,9H2,1-2H3,(H,22,25). The molecule has 1 amide bonds. The average Bonchev–Trinajstić information content (AvgIpc) is 3.18. The van der Waals surface area contributed by atoms with Gasteiger partial charge in [-0.05, 0) is 54.0 Å². The smallest absolute Gasteiger partial charge is 0.387 e. The number of anilines is 1. The molecule has 0 bridgehead atoms. The molecule has 27 heavy (non-hydrogen) atoms. The lowest BCUT2D eigenvalue weighted by Gasteiger charge is -2.10. The summed E-state index contributed by atoms with van der Waals surface area (Å²) in [6, 6.07) is 9.12. The third kappa shape index (κ3) is 4.36. The van der Waals surface area contributed by atoms with Crippen molar-refractivity contribution >= 4 is 27.5 Å². The lowest BCUT2D eigenvalue weighted by Crippen LogP contribution is -2.13. The Labute approximate surface area is 162 Å². The van der Waals surface area contributed by atoms with Gasteiger partial charge >= 0.3 is 6.61 Å². The van der Waals surface area contributed by atoms with E-state index in [4.69, 9.17) is 4.42 Å². The summed E-state index contributed by atoms with van der Waals surface area (Å²) in [4.78, 5) is 12.4. The van der Waals surface area contributed by atoms with Gasteiger partial charge in [-0.25, -0.2) is 0 Å². The predicted molar refractivity (Wildman–Crippen MR) is 98.2 cm³/mol. The molecule has 0 saturated carbocycles. The van der Waals surface area contributed by atoms with Crippen LogP contribution >= 0.6 is 15.9 Å². The number of aryl methyl sites for hydroxylation is 1. The summed E-state index contributed by atoms with van der Waals surface area (Å²) >= 11 is 3.46. The van der Waals surface area contributed by atoms with Gasteiger partial charge < -0.3 is 14.5 Å². The number of alkyl halides is 2. The number of furan rings is 1. The van der Waals surface area contributed by atoms with Crippen LogP contribution < -0.4 is 10.1 Å². The van der Waals surface area contributed by atoms with Crippen molar-refractivity contribution < 1.29 is 22.7 Å². The van der Waals surface area contributed by atoms with Gasteiger partial charge in [-0.15, -0.1) is 0 Å². The molecule has 0 fully saturated rings. The molecule has 9 heteroatoms. The highest BCUT2D eigenvalue weighted by molar-refractivity contribution is 9.10. The van der Waals surface area contributed by atoms with Gasteiger partial charge in [-0.2, -0.15) is 13.9 Å². The summed E-state index contributed by atoms with van der Waals surface area (Å²) < 4.78 is 37.6. The van der Waals surface area contributed by atoms with Gasteiger partial charge in [0.15, 0.2) is 5.76 Å². The molecule has 2 heterocycles. The molecule has 0 radical (unpaired) electrons. The lowest BCUT2D eigenvalue weighted by molar-refractivity contribution is -0.0493. The van der Waals surface area contributed by atoms with Gasteiger partial charge in [0.25, 0.3) is 5.91 Å². The van der Waals surface area contributed by atoms with E-state index in [9.17, 15) is 13.6 Å². The third-order valence-corrected chi connectivity index (χ3v) is 4.98. The van der Waals surface area contributed by atoms with Crippen molar-refractivity contribution in [3.63, 3.8) is 0 Å². The molecule has 0 aliphatic heterocycles. The summed E-state index contributed by atoms with van der Waals surface area (Å²) in [6.07, 6.45) is 0. The second-order valence-corrected chi connectivity index (χ2v) is 6.53. The molecule has 142 valence electrons. The fraction of sp³-hybridized carbons (Fsp3) is 0.222. The zero-order valence-electron chi connectivity index (χ0n) is 14.5. The number of hydrogen-bond donors (Lipinski definition) is 1. The van der Waals surface area contributed by atoms with Crippen LogP contribution in [0.4, 0.5) is 14.5 Å². The number of aromatic nitrogens is 2. The van der Waals surface area contributed by atoms with Crippen LogP contribution in [0, 0.1) is 13.8 Å². The molecule has 2 aromatic heterocycles. The van der Waals surface area contributed by atoms with Crippen LogP contribution in [0.5, 0.6) is 5.75 Å². The molecule has 1 N–H and O–H groups in total. The molecule has 3 rings (SSSR count). The lowest BCUT2D eigenvalue weighted by atomic mass is 10.3. The van der Waals surface area contributed by atoms with E-state index >= 15 is 0 Å². The van der Waals surface area contributed by atoms with Crippen LogP contribution in [0.1, 0.15) is 27.7 Å². The fourth-order valence-electron chi connectivity index (χ4n) is 2.51. The Kier molecular flexibility index (Phi) is 5.59. The van der Waals surface area contributed by atoms with Crippen molar-refractivity contribution in [1.82, 2.24) is 9.78 Å². The van der Waals surface area contributed by atoms with E-state index in [1.165, 1.54) is 24.3 Å². The Morgan fingerprint density at radius 3 is 2.70 bits per heavy atom. The zero-order chi connectivity index (χ0) is 19.6. The third-order valence-electron chi connectivity index (χ3n) is 3.84. The number of nitrogens with one attached hydrogen (secondary N) is 1. The molecule has 0 spiro atoms. The molecular weight excluding hydrogens is 424 g/mol. The molecule has 1 aromatic carbocycles. The first-order valence-corrected chi connectivity index (χ1v) is 8.78. The summed E-state index contributed by atoms with van der Waals surface area (Å²) in [5, 5.41) is 6.90. The highest BCUT2D eigenvalue weighted by atomic mass is 79.9. The first kappa shape index (κ1) is 19.1. The predicted octanol–water partition coefficient (Wildman–Crippen LogP) is 4.76. The van der Waals surface area contributed by atoms with Gasteiger partial charge in [0.1, 0.15) is 11.5 Å². The van der Waals surface area contributed by atoms with E-state index in [2.05, 4.69) is 31.1 Å². The van der Waals surface area contributed by atoms with Crippen molar-refractivity contribution in [2.75, 3.05) is 5.32 Å². The number of rotatable bonds is 6. The minimum atomic E-state index is -2.99. The molecule has 6 nitrogen and oxygen atoms in total. The molecule has 0 unspecified atom stereocenters. The van der Waals surface area contributed by atoms with Crippen LogP contribution in [-0.4, -0.2) is 22.3 Å². The average molecular weight is 440 g/mol. The second-order valence-electron chi connectivity index (χ2n) is 5.74. The van der Waals surface area contributed by atoms with Crippen molar-refractivity contribution in [1.29, 1.82) is 0 Å². The van der Waals surface area contributed by atoms with Gasteiger partial charge in [0, 0.05) is 0 Å². The number of ether oxygens (including phenoxy) is 1. The van der Waals surface area contributed by atoms with Gasteiger partial charge in [-0.3, -0.25) is 9.48 Å². The van der Waals surface area contributed by atoms with E-state index in [0.717, 1.165) is 15.9 Å². The normalized spacial score (nSPS) is 11.0. The monoisotopic (exact) mass is 439 g/mol. The van der Waals surface area contributed by atoms with Gasteiger partial charge in [-0.1, -0.05) is 12.1 Å². The first-order valence-electron chi connectivity index (χ1n) is 7.98. The molecule has 0 aliphatic carbocycles. The molecule has 0 saturated heterocycles. The Balaban J connectivity index is 1.73. The Hall–Kier alpha value is -2.68.